The molecule has 28 heavy (non-hydrogen) atoms. The molecule has 6 rings (SSSR count). The van der Waals surface area contributed by atoms with Crippen LogP contribution in [0.5, 0.6) is 5.75 Å². The molecule has 0 bridgehead atoms. The van der Waals surface area contributed by atoms with Crippen molar-refractivity contribution in [2.24, 2.45) is 5.92 Å². The van der Waals surface area contributed by atoms with E-state index in [0.717, 1.165) is 39.9 Å². The number of rotatable bonds is 2. The standard InChI is InChI=1S/C23H18N2O3/c1-28-15-6-7-18-13(8-15)9-19(24-18)22(27)25-12-14-11-23(14)17-5-3-2-4-16(17)20(26)10-21(23)25/h2-10,14,24H,11-12H2,1H3/t14-,23-/m1/s1. The van der Waals surface area contributed by atoms with Gasteiger partial charge in [-0.2, -0.15) is 0 Å². The normalized spacial score (nSPS) is 24.5. The summed E-state index contributed by atoms with van der Waals surface area (Å²) in [6, 6.07) is 15.4. The van der Waals surface area contributed by atoms with Crippen LogP contribution >= 0.6 is 0 Å². The van der Waals surface area contributed by atoms with Gasteiger partial charge in [0.1, 0.15) is 11.4 Å². The van der Waals surface area contributed by atoms with Crippen LogP contribution in [0.2, 0.25) is 0 Å². The summed E-state index contributed by atoms with van der Waals surface area (Å²) in [7, 11) is 1.63. The quantitative estimate of drug-likeness (QED) is 0.749. The maximum absolute atomic E-state index is 13.3. The van der Waals surface area contributed by atoms with Crippen molar-refractivity contribution in [2.75, 3.05) is 13.7 Å². The fourth-order valence-corrected chi connectivity index (χ4v) is 5.08. The number of carbonyl (C=O) groups is 2. The summed E-state index contributed by atoms with van der Waals surface area (Å²) in [6.45, 7) is 0.658. The number of carbonyl (C=O) groups excluding carboxylic acids is 2. The van der Waals surface area contributed by atoms with Crippen LogP contribution in [0.15, 0.2) is 60.3 Å². The molecule has 2 atom stereocenters. The van der Waals surface area contributed by atoms with E-state index in [-0.39, 0.29) is 17.1 Å². The number of ketones is 1. The minimum atomic E-state index is -0.157. The van der Waals surface area contributed by atoms with Crippen LogP contribution in [0.25, 0.3) is 10.9 Å². The molecule has 0 unspecified atom stereocenters. The topological polar surface area (TPSA) is 62.4 Å². The maximum Gasteiger partial charge on any atom is 0.274 e. The Bertz CT molecular complexity index is 1220. The Kier molecular flexibility index (Phi) is 2.88. The number of allylic oxidation sites excluding steroid dienone is 2. The van der Waals surface area contributed by atoms with Gasteiger partial charge in [-0.05, 0) is 42.2 Å². The van der Waals surface area contributed by atoms with Crippen LogP contribution in [0.1, 0.15) is 32.8 Å². The van der Waals surface area contributed by atoms with Crippen molar-refractivity contribution < 1.29 is 14.3 Å². The third-order valence-corrected chi connectivity index (χ3v) is 6.50. The smallest absolute Gasteiger partial charge is 0.274 e. The molecule has 1 saturated heterocycles. The molecule has 0 radical (unpaired) electrons. The fraction of sp³-hybridized carbons (Fsp3) is 0.217. The lowest BCUT2D eigenvalue weighted by atomic mass is 9.81. The number of fused-ring (bicyclic) bond motifs is 2. The summed E-state index contributed by atoms with van der Waals surface area (Å²) in [5, 5.41) is 0.931. The predicted molar refractivity (Wildman–Crippen MR) is 105 cm³/mol. The molecule has 1 spiro atoms. The van der Waals surface area contributed by atoms with Crippen molar-refractivity contribution in [3.05, 3.63) is 77.1 Å². The third kappa shape index (κ3) is 1.86. The SMILES string of the molecule is COc1ccc2[nH]c(C(=O)N3C[C@H]4C[C@@]45C3=CC(=O)c3ccccc35)cc2c1. The number of H-pyrrole nitrogens is 1. The second kappa shape index (κ2) is 5.13. The average Bonchev–Trinajstić information content (AvgIpc) is 3.12. The van der Waals surface area contributed by atoms with E-state index in [0.29, 0.717) is 18.2 Å². The molecule has 1 aromatic heterocycles. The first-order valence-electron chi connectivity index (χ1n) is 9.46. The monoisotopic (exact) mass is 370 g/mol. The van der Waals surface area contributed by atoms with Crippen molar-refractivity contribution >= 4 is 22.6 Å². The summed E-state index contributed by atoms with van der Waals surface area (Å²) < 4.78 is 5.27. The number of aromatic amines is 1. The van der Waals surface area contributed by atoms with Gasteiger partial charge in [-0.3, -0.25) is 9.59 Å². The van der Waals surface area contributed by atoms with Gasteiger partial charge in [0.15, 0.2) is 5.78 Å². The van der Waals surface area contributed by atoms with E-state index in [9.17, 15) is 9.59 Å². The van der Waals surface area contributed by atoms with Crippen molar-refractivity contribution in [2.45, 2.75) is 11.8 Å². The molecule has 1 amide bonds. The number of piperidine rings is 1. The van der Waals surface area contributed by atoms with Gasteiger partial charge < -0.3 is 14.6 Å². The predicted octanol–water partition coefficient (Wildman–Crippen LogP) is 3.67. The molecule has 5 nitrogen and oxygen atoms in total. The van der Waals surface area contributed by atoms with E-state index in [1.54, 1.807) is 18.1 Å². The molecule has 2 aliphatic carbocycles. The van der Waals surface area contributed by atoms with E-state index in [1.807, 2.05) is 48.5 Å². The van der Waals surface area contributed by atoms with Crippen LogP contribution < -0.4 is 4.74 Å². The van der Waals surface area contributed by atoms with Gasteiger partial charge in [0.2, 0.25) is 0 Å². The largest absolute Gasteiger partial charge is 0.497 e. The van der Waals surface area contributed by atoms with E-state index in [4.69, 9.17) is 4.74 Å². The second-order valence-electron chi connectivity index (χ2n) is 7.86. The number of benzene rings is 2. The lowest BCUT2D eigenvalue weighted by molar-refractivity contribution is 0.0806. The lowest BCUT2D eigenvalue weighted by Gasteiger charge is -2.29. The minimum Gasteiger partial charge on any atom is -0.497 e. The average molecular weight is 370 g/mol. The number of likely N-dealkylation sites (tertiary alicyclic amines) is 1. The maximum atomic E-state index is 13.3. The van der Waals surface area contributed by atoms with Gasteiger partial charge in [0, 0.05) is 40.2 Å². The number of hydrogen-bond donors (Lipinski definition) is 1. The van der Waals surface area contributed by atoms with Gasteiger partial charge >= 0.3 is 0 Å². The number of aromatic nitrogens is 1. The highest BCUT2D eigenvalue weighted by Gasteiger charge is 2.67. The van der Waals surface area contributed by atoms with Gasteiger partial charge in [0.25, 0.3) is 5.91 Å². The van der Waals surface area contributed by atoms with Crippen molar-refractivity contribution in [1.29, 1.82) is 0 Å². The lowest BCUT2D eigenvalue weighted by Crippen LogP contribution is -2.33. The highest BCUT2D eigenvalue weighted by molar-refractivity contribution is 6.10. The number of amides is 1. The van der Waals surface area contributed by atoms with Gasteiger partial charge in [-0.1, -0.05) is 24.3 Å². The second-order valence-corrected chi connectivity index (χ2v) is 7.86. The van der Waals surface area contributed by atoms with Gasteiger partial charge in [0.05, 0.1) is 7.11 Å². The first kappa shape index (κ1) is 15.7. The molecule has 1 saturated carbocycles. The molecule has 5 heteroatoms. The molecular formula is C23H18N2O3. The van der Waals surface area contributed by atoms with Crippen LogP contribution in [0.3, 0.4) is 0 Å². The van der Waals surface area contributed by atoms with Crippen LogP contribution in [-0.2, 0) is 5.41 Å². The fourth-order valence-electron chi connectivity index (χ4n) is 5.08. The molecule has 2 fully saturated rings. The van der Waals surface area contributed by atoms with Crippen LogP contribution in [0, 0.1) is 5.92 Å². The number of nitrogens with one attached hydrogen (secondary N) is 1. The number of hydrogen-bond acceptors (Lipinski definition) is 3. The molecule has 138 valence electrons. The zero-order chi connectivity index (χ0) is 19.0. The Morgan fingerprint density at radius 2 is 2.07 bits per heavy atom. The Hall–Kier alpha value is -3.34. The van der Waals surface area contributed by atoms with Crippen molar-refractivity contribution in [1.82, 2.24) is 9.88 Å². The van der Waals surface area contributed by atoms with Crippen molar-refractivity contribution in [3.8, 4) is 5.75 Å². The molecular weight excluding hydrogens is 352 g/mol. The van der Waals surface area contributed by atoms with Gasteiger partial charge in [-0.25, -0.2) is 0 Å². The molecule has 1 N–H and O–H groups in total. The third-order valence-electron chi connectivity index (χ3n) is 6.50. The molecule has 2 heterocycles. The van der Waals surface area contributed by atoms with E-state index >= 15 is 0 Å². The molecule has 3 aromatic rings. The molecule has 3 aliphatic rings. The molecule has 1 aliphatic heterocycles. The zero-order valence-corrected chi connectivity index (χ0v) is 15.4. The summed E-state index contributed by atoms with van der Waals surface area (Å²) in [5.41, 5.74) is 3.99. The highest BCUT2D eigenvalue weighted by Crippen LogP contribution is 2.66. The highest BCUT2D eigenvalue weighted by atomic mass is 16.5. The Labute approximate surface area is 161 Å². The van der Waals surface area contributed by atoms with Crippen LogP contribution in [0.4, 0.5) is 0 Å². The zero-order valence-electron chi connectivity index (χ0n) is 15.4. The first-order valence-corrected chi connectivity index (χ1v) is 9.46. The number of nitrogens with zero attached hydrogens (tertiary/aromatic N) is 1. The summed E-state index contributed by atoms with van der Waals surface area (Å²) in [6.07, 6.45) is 2.69. The van der Waals surface area contributed by atoms with Crippen molar-refractivity contribution in [3.63, 3.8) is 0 Å². The first-order chi connectivity index (χ1) is 13.6. The number of methoxy groups -OCH3 is 1. The van der Waals surface area contributed by atoms with E-state index in [1.165, 1.54) is 0 Å². The molecule has 2 aromatic carbocycles. The Balaban J connectivity index is 1.41. The van der Waals surface area contributed by atoms with E-state index < -0.39 is 0 Å². The summed E-state index contributed by atoms with van der Waals surface area (Å²) in [5.74, 6) is 1.05. The summed E-state index contributed by atoms with van der Waals surface area (Å²) >= 11 is 0. The van der Waals surface area contributed by atoms with Crippen LogP contribution in [-0.4, -0.2) is 35.2 Å². The minimum absolute atomic E-state index is 0.0111. The summed E-state index contributed by atoms with van der Waals surface area (Å²) in [4.78, 5) is 31.0. The number of ether oxygens (including phenoxy) is 1. The Morgan fingerprint density at radius 3 is 2.93 bits per heavy atom. The van der Waals surface area contributed by atoms with Gasteiger partial charge in [-0.15, -0.1) is 0 Å². The Morgan fingerprint density at radius 1 is 1.21 bits per heavy atom. The van der Waals surface area contributed by atoms with E-state index in [2.05, 4.69) is 4.98 Å².